The number of rotatable bonds is 4. The van der Waals surface area contributed by atoms with Gasteiger partial charge in [0.2, 0.25) is 0 Å². The van der Waals surface area contributed by atoms with Crippen LogP contribution in [0.4, 0.5) is 5.69 Å². The molecule has 3 heteroatoms. The Morgan fingerprint density at radius 3 is 2.33 bits per heavy atom. The molecule has 0 bridgehead atoms. The van der Waals surface area contributed by atoms with Gasteiger partial charge in [0.1, 0.15) is 0 Å². The zero-order valence-electron chi connectivity index (χ0n) is 12.2. The molecule has 0 saturated heterocycles. The van der Waals surface area contributed by atoms with Gasteiger partial charge >= 0.3 is 0 Å². The van der Waals surface area contributed by atoms with Gasteiger partial charge in [0.05, 0.1) is 23.6 Å². The average molecular weight is 275 g/mol. The van der Waals surface area contributed by atoms with E-state index in [2.05, 4.69) is 24.3 Å². The predicted octanol–water partition coefficient (Wildman–Crippen LogP) is 3.47. The van der Waals surface area contributed by atoms with Gasteiger partial charge in [0.25, 0.3) is 0 Å². The summed E-state index contributed by atoms with van der Waals surface area (Å²) in [5.41, 5.74) is 3.75. The normalized spacial score (nSPS) is 11.2. The van der Waals surface area contributed by atoms with E-state index in [1.165, 1.54) is 0 Å². The molecular weight excluding hydrogens is 258 g/mol. The third-order valence-corrected chi connectivity index (χ3v) is 3.47. The number of benzene rings is 2. The van der Waals surface area contributed by atoms with Crippen molar-refractivity contribution in [2.45, 2.75) is 12.3 Å². The number of nitrogens with zero attached hydrogens (tertiary/aromatic N) is 3. The van der Waals surface area contributed by atoms with Crippen molar-refractivity contribution >= 4 is 5.69 Å². The van der Waals surface area contributed by atoms with E-state index < -0.39 is 0 Å². The molecule has 104 valence electrons. The van der Waals surface area contributed by atoms with Crippen molar-refractivity contribution in [1.29, 1.82) is 10.5 Å². The lowest BCUT2D eigenvalue weighted by molar-refractivity contribution is 0.848. The third-order valence-electron chi connectivity index (χ3n) is 3.47. The van der Waals surface area contributed by atoms with Crippen LogP contribution in [-0.2, 0) is 6.42 Å². The molecule has 2 rings (SSSR count). The minimum absolute atomic E-state index is 0.233. The van der Waals surface area contributed by atoms with Crippen LogP contribution in [0.5, 0.6) is 0 Å². The molecule has 0 N–H and O–H groups in total. The average Bonchev–Trinajstić information content (AvgIpc) is 2.53. The first-order valence-electron chi connectivity index (χ1n) is 6.80. The Bertz CT molecular complexity index is 688. The highest BCUT2D eigenvalue weighted by Gasteiger charge is 2.12. The molecule has 0 aliphatic carbocycles. The molecule has 1 atom stereocenters. The maximum atomic E-state index is 9.41. The van der Waals surface area contributed by atoms with E-state index in [4.69, 9.17) is 5.26 Å². The van der Waals surface area contributed by atoms with Gasteiger partial charge in [0, 0.05) is 19.8 Å². The summed E-state index contributed by atoms with van der Waals surface area (Å²) in [6.07, 6.45) is 0.652. The molecule has 0 heterocycles. The highest BCUT2D eigenvalue weighted by molar-refractivity contribution is 5.46. The first kappa shape index (κ1) is 14.6. The van der Waals surface area contributed by atoms with Crippen LogP contribution in [0.2, 0.25) is 0 Å². The molecule has 0 amide bonds. The van der Waals surface area contributed by atoms with E-state index in [1.807, 2.05) is 43.3 Å². The zero-order chi connectivity index (χ0) is 15.2. The standard InChI is InChI=1S/C18H17N3/c1-21(2)18-8-6-14(7-9-18)10-17(13-20)16-5-3-4-15(11-16)12-19/h3-9,11,17H,10H2,1-2H3. The highest BCUT2D eigenvalue weighted by atomic mass is 15.1. The Morgan fingerprint density at radius 1 is 1.05 bits per heavy atom. The monoisotopic (exact) mass is 275 g/mol. The van der Waals surface area contributed by atoms with Crippen molar-refractivity contribution in [1.82, 2.24) is 0 Å². The van der Waals surface area contributed by atoms with Gasteiger partial charge in [-0.2, -0.15) is 10.5 Å². The van der Waals surface area contributed by atoms with E-state index in [0.717, 1.165) is 16.8 Å². The Balaban J connectivity index is 2.19. The molecule has 2 aromatic carbocycles. The summed E-state index contributed by atoms with van der Waals surface area (Å²) in [6.45, 7) is 0. The summed E-state index contributed by atoms with van der Waals surface area (Å²) >= 11 is 0. The lowest BCUT2D eigenvalue weighted by Crippen LogP contribution is -2.08. The van der Waals surface area contributed by atoms with Crippen molar-refractivity contribution in [2.24, 2.45) is 0 Å². The smallest absolute Gasteiger partial charge is 0.0991 e. The molecule has 21 heavy (non-hydrogen) atoms. The van der Waals surface area contributed by atoms with Crippen molar-refractivity contribution in [3.8, 4) is 12.1 Å². The molecule has 0 aliphatic rings. The van der Waals surface area contributed by atoms with Crippen LogP contribution in [0.15, 0.2) is 48.5 Å². The second kappa shape index (κ2) is 6.59. The number of hydrogen-bond donors (Lipinski definition) is 0. The fourth-order valence-corrected chi connectivity index (χ4v) is 2.23. The van der Waals surface area contributed by atoms with E-state index >= 15 is 0 Å². The summed E-state index contributed by atoms with van der Waals surface area (Å²) in [5.74, 6) is -0.233. The Labute approximate surface area is 125 Å². The lowest BCUT2D eigenvalue weighted by Gasteiger charge is -2.14. The quantitative estimate of drug-likeness (QED) is 0.858. The molecule has 0 aromatic heterocycles. The van der Waals surface area contributed by atoms with Gasteiger partial charge < -0.3 is 4.90 Å². The van der Waals surface area contributed by atoms with E-state index in [9.17, 15) is 5.26 Å². The van der Waals surface area contributed by atoms with Crippen LogP contribution < -0.4 is 4.90 Å². The van der Waals surface area contributed by atoms with Crippen LogP contribution in [0.3, 0.4) is 0 Å². The molecule has 3 nitrogen and oxygen atoms in total. The predicted molar refractivity (Wildman–Crippen MR) is 84.0 cm³/mol. The van der Waals surface area contributed by atoms with E-state index in [-0.39, 0.29) is 5.92 Å². The maximum absolute atomic E-state index is 9.41. The lowest BCUT2D eigenvalue weighted by atomic mass is 9.92. The Morgan fingerprint density at radius 2 is 1.76 bits per heavy atom. The van der Waals surface area contributed by atoms with E-state index in [1.54, 1.807) is 12.1 Å². The number of hydrogen-bond acceptors (Lipinski definition) is 3. The molecular formula is C18H17N3. The first-order chi connectivity index (χ1) is 10.1. The number of nitriles is 2. The topological polar surface area (TPSA) is 50.8 Å². The van der Waals surface area contributed by atoms with Gasteiger partial charge in [-0.1, -0.05) is 24.3 Å². The van der Waals surface area contributed by atoms with Crippen molar-refractivity contribution in [3.63, 3.8) is 0 Å². The molecule has 0 aliphatic heterocycles. The number of anilines is 1. The fourth-order valence-electron chi connectivity index (χ4n) is 2.23. The summed E-state index contributed by atoms with van der Waals surface area (Å²) in [7, 11) is 4.00. The summed E-state index contributed by atoms with van der Waals surface area (Å²) in [6, 6.07) is 19.9. The second-order valence-corrected chi connectivity index (χ2v) is 5.18. The van der Waals surface area contributed by atoms with Crippen molar-refractivity contribution in [2.75, 3.05) is 19.0 Å². The van der Waals surface area contributed by atoms with Crippen LogP contribution in [-0.4, -0.2) is 14.1 Å². The van der Waals surface area contributed by atoms with Crippen molar-refractivity contribution in [3.05, 3.63) is 65.2 Å². The van der Waals surface area contributed by atoms with Crippen LogP contribution in [0.1, 0.15) is 22.6 Å². The van der Waals surface area contributed by atoms with Gasteiger partial charge in [-0.25, -0.2) is 0 Å². The van der Waals surface area contributed by atoms with Gasteiger partial charge in [-0.05, 0) is 41.8 Å². The summed E-state index contributed by atoms with van der Waals surface area (Å²) in [4.78, 5) is 2.04. The van der Waals surface area contributed by atoms with Gasteiger partial charge in [-0.15, -0.1) is 0 Å². The fraction of sp³-hybridized carbons (Fsp3) is 0.222. The molecule has 2 aromatic rings. The minimum atomic E-state index is -0.233. The van der Waals surface area contributed by atoms with Gasteiger partial charge in [0.15, 0.2) is 0 Å². The third kappa shape index (κ3) is 3.61. The largest absolute Gasteiger partial charge is 0.378 e. The van der Waals surface area contributed by atoms with Crippen LogP contribution in [0.25, 0.3) is 0 Å². The Hall–Kier alpha value is -2.78. The molecule has 0 fully saturated rings. The molecule has 0 saturated carbocycles. The summed E-state index contributed by atoms with van der Waals surface area (Å²) in [5, 5.41) is 18.4. The van der Waals surface area contributed by atoms with Crippen LogP contribution in [0, 0.1) is 22.7 Å². The Kier molecular flexibility index (Phi) is 4.59. The second-order valence-electron chi connectivity index (χ2n) is 5.18. The molecule has 0 spiro atoms. The molecule has 0 radical (unpaired) electrons. The first-order valence-corrected chi connectivity index (χ1v) is 6.80. The minimum Gasteiger partial charge on any atom is -0.378 e. The zero-order valence-corrected chi connectivity index (χ0v) is 12.2. The molecule has 1 unspecified atom stereocenters. The SMILES string of the molecule is CN(C)c1ccc(CC(C#N)c2cccc(C#N)c2)cc1. The summed E-state index contributed by atoms with van der Waals surface area (Å²) < 4.78 is 0. The van der Waals surface area contributed by atoms with Crippen molar-refractivity contribution < 1.29 is 0 Å². The highest BCUT2D eigenvalue weighted by Crippen LogP contribution is 2.22. The van der Waals surface area contributed by atoms with Crippen LogP contribution >= 0.6 is 0 Å². The van der Waals surface area contributed by atoms with E-state index in [0.29, 0.717) is 12.0 Å². The maximum Gasteiger partial charge on any atom is 0.0991 e. The van der Waals surface area contributed by atoms with Gasteiger partial charge in [-0.3, -0.25) is 0 Å².